The van der Waals surface area contributed by atoms with Crippen LogP contribution in [0.15, 0.2) is 36.1 Å². The summed E-state index contributed by atoms with van der Waals surface area (Å²) in [5.74, 6) is -0.266. The van der Waals surface area contributed by atoms with Gasteiger partial charge in [-0.25, -0.2) is 0 Å². The van der Waals surface area contributed by atoms with Crippen molar-refractivity contribution in [3.05, 3.63) is 41.7 Å². The summed E-state index contributed by atoms with van der Waals surface area (Å²) in [6, 6.07) is 9.77. The molecule has 1 N–H and O–H groups in total. The molecular weight excluding hydrogens is 202 g/mol. The molecule has 3 heteroatoms. The largest absolute Gasteiger partial charge is 0.503 e. The number of carbonyl (C=O) groups excluding carboxylic acids is 1. The molecule has 2 heterocycles. The van der Waals surface area contributed by atoms with E-state index in [2.05, 4.69) is 0 Å². The number of fused-ring (bicyclic) bond motifs is 1. The summed E-state index contributed by atoms with van der Waals surface area (Å²) < 4.78 is 0. The Morgan fingerprint density at radius 1 is 1.25 bits per heavy atom. The normalized spacial score (nSPS) is 24.1. The zero-order chi connectivity index (χ0) is 11.1. The molecule has 3 nitrogen and oxygen atoms in total. The number of hydrogen-bond donors (Lipinski definition) is 1. The smallest absolute Gasteiger partial charge is 0.289 e. The van der Waals surface area contributed by atoms with Crippen LogP contribution < -0.4 is 0 Å². The van der Waals surface area contributed by atoms with Gasteiger partial charge in [-0.05, 0) is 18.4 Å². The van der Waals surface area contributed by atoms with Crippen LogP contribution in [0.25, 0.3) is 5.57 Å². The first-order valence-electron chi connectivity index (χ1n) is 5.58. The van der Waals surface area contributed by atoms with Crippen molar-refractivity contribution in [3.8, 4) is 0 Å². The molecule has 1 amide bonds. The molecule has 1 unspecified atom stereocenters. The molecule has 1 saturated heterocycles. The molecule has 82 valence electrons. The van der Waals surface area contributed by atoms with Gasteiger partial charge in [0.1, 0.15) is 0 Å². The fourth-order valence-electron chi connectivity index (χ4n) is 2.67. The van der Waals surface area contributed by atoms with Gasteiger partial charge in [-0.15, -0.1) is 0 Å². The van der Waals surface area contributed by atoms with Crippen LogP contribution in [-0.2, 0) is 4.79 Å². The van der Waals surface area contributed by atoms with Crippen LogP contribution >= 0.6 is 0 Å². The summed E-state index contributed by atoms with van der Waals surface area (Å²) in [5, 5.41) is 9.91. The lowest BCUT2D eigenvalue weighted by Crippen LogP contribution is -2.29. The molecule has 0 spiro atoms. The highest BCUT2D eigenvalue weighted by molar-refractivity contribution is 6.05. The summed E-state index contributed by atoms with van der Waals surface area (Å²) >= 11 is 0. The molecule has 16 heavy (non-hydrogen) atoms. The van der Waals surface area contributed by atoms with Crippen LogP contribution in [0.4, 0.5) is 0 Å². The lowest BCUT2D eigenvalue weighted by molar-refractivity contribution is -0.128. The Kier molecular flexibility index (Phi) is 1.99. The van der Waals surface area contributed by atoms with Crippen LogP contribution in [0.2, 0.25) is 0 Å². The fraction of sp³-hybridized carbons (Fsp3) is 0.308. The highest BCUT2D eigenvalue weighted by Crippen LogP contribution is 2.38. The predicted octanol–water partition coefficient (Wildman–Crippen LogP) is 1.96. The van der Waals surface area contributed by atoms with Crippen LogP contribution in [0.5, 0.6) is 0 Å². The van der Waals surface area contributed by atoms with E-state index in [1.54, 1.807) is 4.90 Å². The monoisotopic (exact) mass is 215 g/mol. The first-order valence-corrected chi connectivity index (χ1v) is 5.58. The van der Waals surface area contributed by atoms with Gasteiger partial charge in [-0.1, -0.05) is 30.3 Å². The van der Waals surface area contributed by atoms with E-state index in [0.29, 0.717) is 0 Å². The average Bonchev–Trinajstić information content (AvgIpc) is 2.86. The van der Waals surface area contributed by atoms with Gasteiger partial charge >= 0.3 is 0 Å². The molecule has 0 aliphatic carbocycles. The molecule has 2 aliphatic rings. The van der Waals surface area contributed by atoms with E-state index in [1.807, 2.05) is 30.3 Å². The second kappa shape index (κ2) is 3.37. The number of aliphatic hydroxyl groups excluding tert-OH is 1. The van der Waals surface area contributed by atoms with Crippen molar-refractivity contribution in [1.29, 1.82) is 0 Å². The highest BCUT2D eigenvalue weighted by Gasteiger charge is 2.42. The highest BCUT2D eigenvalue weighted by atomic mass is 16.3. The van der Waals surface area contributed by atoms with E-state index in [-0.39, 0.29) is 17.7 Å². The van der Waals surface area contributed by atoms with Gasteiger partial charge in [-0.3, -0.25) is 4.79 Å². The van der Waals surface area contributed by atoms with Crippen molar-refractivity contribution in [2.45, 2.75) is 18.9 Å². The maximum Gasteiger partial charge on any atom is 0.289 e. The third-order valence-electron chi connectivity index (χ3n) is 3.39. The Morgan fingerprint density at radius 2 is 2.00 bits per heavy atom. The van der Waals surface area contributed by atoms with Gasteiger partial charge < -0.3 is 10.0 Å². The zero-order valence-corrected chi connectivity index (χ0v) is 8.89. The third-order valence-corrected chi connectivity index (χ3v) is 3.39. The number of aliphatic hydroxyl groups is 1. The minimum absolute atomic E-state index is 0.0594. The Labute approximate surface area is 94.0 Å². The molecule has 1 aromatic rings. The standard InChI is InChI=1S/C13H13NO2/c15-12-11(9-5-2-1-3-6-9)10-7-4-8-14(10)13(12)16/h1-3,5-6,10,15H,4,7-8H2. The van der Waals surface area contributed by atoms with Crippen LogP contribution in [0.3, 0.4) is 0 Å². The van der Waals surface area contributed by atoms with Crippen molar-refractivity contribution >= 4 is 11.5 Å². The minimum Gasteiger partial charge on any atom is -0.503 e. The van der Waals surface area contributed by atoms with Gasteiger partial charge in [-0.2, -0.15) is 0 Å². The number of rotatable bonds is 1. The number of amides is 1. The molecule has 1 aromatic carbocycles. The summed E-state index contributed by atoms with van der Waals surface area (Å²) in [7, 11) is 0. The lowest BCUT2D eigenvalue weighted by Gasteiger charge is -2.17. The van der Waals surface area contributed by atoms with Crippen molar-refractivity contribution in [3.63, 3.8) is 0 Å². The Hall–Kier alpha value is -1.77. The SMILES string of the molecule is O=C1C(O)=C(c2ccccc2)C2CCCN12. The van der Waals surface area contributed by atoms with Crippen molar-refractivity contribution < 1.29 is 9.90 Å². The second-order valence-electron chi connectivity index (χ2n) is 4.28. The van der Waals surface area contributed by atoms with E-state index in [4.69, 9.17) is 0 Å². The maximum absolute atomic E-state index is 11.8. The van der Waals surface area contributed by atoms with Crippen molar-refractivity contribution in [1.82, 2.24) is 4.90 Å². The van der Waals surface area contributed by atoms with E-state index in [1.165, 1.54) is 0 Å². The van der Waals surface area contributed by atoms with Gasteiger partial charge in [0.05, 0.1) is 6.04 Å². The van der Waals surface area contributed by atoms with Gasteiger partial charge in [0, 0.05) is 12.1 Å². The molecule has 0 aromatic heterocycles. The minimum atomic E-state index is -0.207. The summed E-state index contributed by atoms with van der Waals surface area (Å²) in [6.45, 7) is 0.768. The lowest BCUT2D eigenvalue weighted by atomic mass is 9.98. The average molecular weight is 215 g/mol. The Balaban J connectivity index is 2.09. The van der Waals surface area contributed by atoms with Crippen molar-refractivity contribution in [2.24, 2.45) is 0 Å². The van der Waals surface area contributed by atoms with Gasteiger partial charge in [0.2, 0.25) is 0 Å². The molecule has 0 saturated carbocycles. The van der Waals surface area contributed by atoms with E-state index >= 15 is 0 Å². The van der Waals surface area contributed by atoms with Gasteiger partial charge in [0.15, 0.2) is 5.76 Å². The Bertz CT molecular complexity index is 464. The fourth-order valence-corrected chi connectivity index (χ4v) is 2.67. The molecule has 1 atom stereocenters. The van der Waals surface area contributed by atoms with Gasteiger partial charge in [0.25, 0.3) is 5.91 Å². The molecule has 2 aliphatic heterocycles. The molecular formula is C13H13NO2. The molecule has 1 fully saturated rings. The molecule has 0 bridgehead atoms. The third kappa shape index (κ3) is 1.18. The number of benzene rings is 1. The summed E-state index contributed by atoms with van der Waals surface area (Å²) in [5.41, 5.74) is 1.77. The van der Waals surface area contributed by atoms with E-state index in [9.17, 15) is 9.90 Å². The first-order chi connectivity index (χ1) is 7.79. The quantitative estimate of drug-likeness (QED) is 0.778. The van der Waals surface area contributed by atoms with E-state index in [0.717, 1.165) is 30.5 Å². The summed E-state index contributed by atoms with van der Waals surface area (Å²) in [4.78, 5) is 13.6. The van der Waals surface area contributed by atoms with Crippen LogP contribution in [0.1, 0.15) is 18.4 Å². The number of nitrogens with zero attached hydrogens (tertiary/aromatic N) is 1. The predicted molar refractivity (Wildman–Crippen MR) is 60.7 cm³/mol. The maximum atomic E-state index is 11.8. The van der Waals surface area contributed by atoms with Crippen LogP contribution in [0, 0.1) is 0 Å². The Morgan fingerprint density at radius 3 is 2.75 bits per heavy atom. The molecule has 0 radical (unpaired) electrons. The van der Waals surface area contributed by atoms with Crippen molar-refractivity contribution in [2.75, 3.05) is 6.54 Å². The summed E-state index contributed by atoms with van der Waals surface area (Å²) in [6.07, 6.45) is 1.99. The van der Waals surface area contributed by atoms with Crippen LogP contribution in [-0.4, -0.2) is 28.5 Å². The first kappa shape index (κ1) is 9.46. The number of carbonyl (C=O) groups is 1. The topological polar surface area (TPSA) is 40.5 Å². The number of hydrogen-bond acceptors (Lipinski definition) is 2. The zero-order valence-electron chi connectivity index (χ0n) is 8.89. The second-order valence-corrected chi connectivity index (χ2v) is 4.28. The van der Waals surface area contributed by atoms with E-state index < -0.39 is 0 Å². The molecule has 3 rings (SSSR count).